The molecule has 0 aromatic heterocycles. The monoisotopic (exact) mass is 295 g/mol. The maximum Gasteiger partial charge on any atom is 0.412 e. The first-order valence-electron chi connectivity index (χ1n) is 6.13. The van der Waals surface area contributed by atoms with Crippen LogP contribution in [0.2, 0.25) is 0 Å². The van der Waals surface area contributed by atoms with Crippen LogP contribution < -0.4 is 5.32 Å². The number of rotatable bonds is 3. The summed E-state index contributed by atoms with van der Waals surface area (Å²) in [6.07, 6.45) is -0.813. The summed E-state index contributed by atoms with van der Waals surface area (Å²) in [6.45, 7) is 6.38. The predicted molar refractivity (Wildman–Crippen MR) is 75.0 cm³/mol. The molecule has 114 valence electrons. The highest BCUT2D eigenvalue weighted by Crippen LogP contribution is 2.24. The van der Waals surface area contributed by atoms with E-state index in [-0.39, 0.29) is 22.4 Å². The molecule has 0 heterocycles. The molecule has 0 unspecified atom stereocenters. The number of nitrogens with one attached hydrogen (secondary N) is 1. The van der Waals surface area contributed by atoms with Gasteiger partial charge in [-0.2, -0.15) is 0 Å². The van der Waals surface area contributed by atoms with Gasteiger partial charge in [-0.15, -0.1) is 0 Å². The van der Waals surface area contributed by atoms with Gasteiger partial charge in [-0.25, -0.2) is 14.4 Å². The second kappa shape index (κ2) is 5.82. The quantitative estimate of drug-likeness (QED) is 0.790. The van der Waals surface area contributed by atoms with Crippen LogP contribution in [0.4, 0.5) is 10.5 Å². The van der Waals surface area contributed by atoms with Gasteiger partial charge in [0.25, 0.3) is 0 Å². The average Bonchev–Trinajstić information content (AvgIpc) is 2.24. The molecule has 7 heteroatoms. The number of hydrogen-bond donors (Lipinski definition) is 3. The Labute approximate surface area is 121 Å². The van der Waals surface area contributed by atoms with Crippen LogP contribution in [0.5, 0.6) is 0 Å². The average molecular weight is 295 g/mol. The molecule has 7 nitrogen and oxygen atoms in total. The number of carboxylic acids is 2. The minimum Gasteiger partial charge on any atom is -0.478 e. The van der Waals surface area contributed by atoms with Crippen molar-refractivity contribution >= 4 is 23.7 Å². The fourth-order valence-electron chi connectivity index (χ4n) is 1.74. The Morgan fingerprint density at radius 2 is 1.67 bits per heavy atom. The molecule has 0 spiro atoms. The lowest BCUT2D eigenvalue weighted by molar-refractivity contribution is 0.0634. The molecular weight excluding hydrogens is 278 g/mol. The van der Waals surface area contributed by atoms with Gasteiger partial charge in [0.1, 0.15) is 5.60 Å². The summed E-state index contributed by atoms with van der Waals surface area (Å²) in [6, 6.07) is 2.46. The molecule has 0 atom stereocenters. The SMILES string of the molecule is Cc1c(C(=O)O)ccc(NC(=O)OC(C)(C)C)c1C(=O)O. The van der Waals surface area contributed by atoms with Gasteiger partial charge in [0.05, 0.1) is 16.8 Å². The maximum absolute atomic E-state index is 11.7. The van der Waals surface area contributed by atoms with Crippen LogP contribution >= 0.6 is 0 Å². The van der Waals surface area contributed by atoms with E-state index in [9.17, 15) is 19.5 Å². The van der Waals surface area contributed by atoms with Crippen LogP contribution in [0, 0.1) is 6.92 Å². The molecule has 1 aromatic rings. The van der Waals surface area contributed by atoms with E-state index in [1.165, 1.54) is 19.1 Å². The zero-order chi connectivity index (χ0) is 16.4. The van der Waals surface area contributed by atoms with Gasteiger partial charge in [0, 0.05) is 0 Å². The highest BCUT2D eigenvalue weighted by Gasteiger charge is 2.22. The molecule has 1 aromatic carbocycles. The summed E-state index contributed by atoms with van der Waals surface area (Å²) < 4.78 is 5.03. The number of anilines is 1. The Balaban J connectivity index is 3.20. The molecule has 0 saturated carbocycles. The van der Waals surface area contributed by atoms with Gasteiger partial charge in [-0.3, -0.25) is 5.32 Å². The van der Waals surface area contributed by atoms with Crippen molar-refractivity contribution in [2.75, 3.05) is 5.32 Å². The van der Waals surface area contributed by atoms with Gasteiger partial charge in [0.2, 0.25) is 0 Å². The first-order chi connectivity index (χ1) is 9.53. The third kappa shape index (κ3) is 4.20. The first-order valence-corrected chi connectivity index (χ1v) is 6.13. The number of hydrogen-bond acceptors (Lipinski definition) is 4. The number of carboxylic acid groups (broad SMARTS) is 2. The molecular formula is C14H17NO6. The first kappa shape index (κ1) is 16.5. The number of ether oxygens (including phenoxy) is 1. The van der Waals surface area contributed by atoms with Crippen LogP contribution in [-0.4, -0.2) is 33.8 Å². The van der Waals surface area contributed by atoms with Crippen molar-refractivity contribution in [2.24, 2.45) is 0 Å². The Bertz CT molecular complexity index is 600. The number of carbonyl (C=O) groups is 3. The zero-order valence-electron chi connectivity index (χ0n) is 12.2. The summed E-state index contributed by atoms with van der Waals surface area (Å²) in [5, 5.41) is 20.5. The van der Waals surface area contributed by atoms with Crippen molar-refractivity contribution in [3.05, 3.63) is 28.8 Å². The molecule has 21 heavy (non-hydrogen) atoms. The molecule has 0 radical (unpaired) electrons. The Morgan fingerprint density at radius 1 is 1.10 bits per heavy atom. The molecule has 0 saturated heterocycles. The molecule has 0 aliphatic rings. The third-order valence-electron chi connectivity index (χ3n) is 2.54. The van der Waals surface area contributed by atoms with E-state index >= 15 is 0 Å². The van der Waals surface area contributed by atoms with Gasteiger partial charge in [-0.05, 0) is 45.4 Å². The fraction of sp³-hybridized carbons (Fsp3) is 0.357. The van der Waals surface area contributed by atoms with E-state index in [1.807, 2.05) is 0 Å². The van der Waals surface area contributed by atoms with Gasteiger partial charge >= 0.3 is 18.0 Å². The lowest BCUT2D eigenvalue weighted by atomic mass is 10.0. The topological polar surface area (TPSA) is 113 Å². The number of amides is 1. The predicted octanol–water partition coefficient (Wildman–Crippen LogP) is 2.74. The maximum atomic E-state index is 11.7. The summed E-state index contributed by atoms with van der Waals surface area (Å²) >= 11 is 0. The second-order valence-electron chi connectivity index (χ2n) is 5.40. The molecule has 0 aliphatic heterocycles. The van der Waals surface area contributed by atoms with Crippen LogP contribution in [0.3, 0.4) is 0 Å². The Morgan fingerprint density at radius 3 is 2.10 bits per heavy atom. The van der Waals surface area contributed by atoms with E-state index in [0.717, 1.165) is 0 Å². The molecule has 3 N–H and O–H groups in total. The molecule has 0 aliphatic carbocycles. The number of aromatic carboxylic acids is 2. The van der Waals surface area contributed by atoms with Crippen LogP contribution in [0.25, 0.3) is 0 Å². The van der Waals surface area contributed by atoms with Crippen molar-refractivity contribution in [1.82, 2.24) is 0 Å². The lowest BCUT2D eigenvalue weighted by Gasteiger charge is -2.20. The molecule has 0 fully saturated rings. The van der Waals surface area contributed by atoms with Crippen LogP contribution in [0.1, 0.15) is 47.1 Å². The summed E-state index contributed by atoms with van der Waals surface area (Å²) in [4.78, 5) is 34.0. The summed E-state index contributed by atoms with van der Waals surface area (Å²) in [7, 11) is 0. The lowest BCUT2D eigenvalue weighted by Crippen LogP contribution is -2.28. The van der Waals surface area contributed by atoms with Gasteiger partial charge in [0.15, 0.2) is 0 Å². The van der Waals surface area contributed by atoms with E-state index < -0.39 is 23.6 Å². The molecule has 0 bridgehead atoms. The Kier molecular flexibility index (Phi) is 4.57. The van der Waals surface area contributed by atoms with Crippen molar-refractivity contribution in [2.45, 2.75) is 33.3 Å². The standard InChI is InChI=1S/C14H17NO6/c1-7-8(11(16)17)5-6-9(10(7)12(18)19)15-13(20)21-14(2,3)4/h5-6H,1-4H3,(H,15,20)(H,16,17)(H,18,19). The summed E-state index contributed by atoms with van der Waals surface area (Å²) in [5.41, 5.74) is -1.10. The minimum atomic E-state index is -1.33. The minimum absolute atomic E-state index is 0.0146. The van der Waals surface area contributed by atoms with E-state index in [1.54, 1.807) is 20.8 Å². The van der Waals surface area contributed by atoms with E-state index in [2.05, 4.69) is 5.32 Å². The molecule has 1 amide bonds. The highest BCUT2D eigenvalue weighted by molar-refractivity contribution is 6.03. The van der Waals surface area contributed by atoms with Crippen molar-refractivity contribution < 1.29 is 29.3 Å². The van der Waals surface area contributed by atoms with Crippen molar-refractivity contribution in [1.29, 1.82) is 0 Å². The smallest absolute Gasteiger partial charge is 0.412 e. The highest BCUT2D eigenvalue weighted by atomic mass is 16.6. The molecule has 1 rings (SSSR count). The van der Waals surface area contributed by atoms with Gasteiger partial charge < -0.3 is 14.9 Å². The van der Waals surface area contributed by atoms with Crippen molar-refractivity contribution in [3.63, 3.8) is 0 Å². The van der Waals surface area contributed by atoms with Crippen LogP contribution in [-0.2, 0) is 4.74 Å². The van der Waals surface area contributed by atoms with Crippen molar-refractivity contribution in [3.8, 4) is 0 Å². The third-order valence-corrected chi connectivity index (χ3v) is 2.54. The largest absolute Gasteiger partial charge is 0.478 e. The van der Waals surface area contributed by atoms with E-state index in [4.69, 9.17) is 9.84 Å². The van der Waals surface area contributed by atoms with E-state index in [0.29, 0.717) is 0 Å². The Hall–Kier alpha value is -2.57. The summed E-state index contributed by atoms with van der Waals surface area (Å²) in [5.74, 6) is -2.57. The number of benzene rings is 1. The normalized spacial score (nSPS) is 10.9. The van der Waals surface area contributed by atoms with Crippen LogP contribution in [0.15, 0.2) is 12.1 Å². The second-order valence-corrected chi connectivity index (χ2v) is 5.40. The van der Waals surface area contributed by atoms with Gasteiger partial charge in [-0.1, -0.05) is 0 Å². The zero-order valence-corrected chi connectivity index (χ0v) is 12.2. The fourth-order valence-corrected chi connectivity index (χ4v) is 1.74. The number of carbonyl (C=O) groups excluding carboxylic acids is 1.